The summed E-state index contributed by atoms with van der Waals surface area (Å²) < 4.78 is 5.20. The van der Waals surface area contributed by atoms with E-state index in [4.69, 9.17) is 16.2 Å². The number of nitrogens with two attached hydrogens (primary N) is 2. The maximum absolute atomic E-state index is 5.36. The number of hydrogen-bond acceptors (Lipinski definition) is 3. The van der Waals surface area contributed by atoms with E-state index in [0.717, 1.165) is 6.54 Å². The topological polar surface area (TPSA) is 75.4 Å². The minimum atomic E-state index is -0.381. The van der Waals surface area contributed by atoms with Crippen molar-refractivity contribution in [2.75, 3.05) is 19.7 Å². The minimum absolute atomic E-state index is 0.0567. The second-order valence-electron chi connectivity index (χ2n) is 2.12. The van der Waals surface area contributed by atoms with Crippen molar-refractivity contribution >= 4 is 0 Å². The van der Waals surface area contributed by atoms with E-state index in [9.17, 15) is 0 Å². The lowest BCUT2D eigenvalue weighted by molar-refractivity contribution is 0.0124. The van der Waals surface area contributed by atoms with Crippen molar-refractivity contribution in [1.29, 1.82) is 0 Å². The molecule has 53 valence electrons. The molecule has 1 aliphatic heterocycles. The molecule has 9 heavy (non-hydrogen) atoms. The molecule has 0 aromatic heterocycles. The lowest BCUT2D eigenvalue weighted by Crippen LogP contribution is -2.51. The Morgan fingerprint density at radius 2 is 2.33 bits per heavy atom. The van der Waals surface area contributed by atoms with E-state index in [2.05, 4.69) is 5.32 Å². The molecule has 1 heterocycles. The van der Waals surface area contributed by atoms with Crippen LogP contribution in [-0.4, -0.2) is 32.0 Å². The van der Waals surface area contributed by atoms with E-state index in [-0.39, 0.29) is 12.3 Å². The first-order valence-electron chi connectivity index (χ1n) is 3.07. The van der Waals surface area contributed by atoms with Crippen molar-refractivity contribution in [3.05, 3.63) is 0 Å². The van der Waals surface area contributed by atoms with Crippen molar-refractivity contribution in [3.63, 3.8) is 0 Å². The average Bonchev–Trinajstić information content (AvgIpc) is 1.90. The summed E-state index contributed by atoms with van der Waals surface area (Å²) in [6.07, 6.45) is -0.437. The van der Waals surface area contributed by atoms with Crippen LogP contribution in [-0.2, 0) is 4.74 Å². The van der Waals surface area contributed by atoms with Gasteiger partial charge in [-0.25, -0.2) is 5.32 Å². The first-order chi connectivity index (χ1) is 4.30. The third-order valence-electron chi connectivity index (χ3n) is 1.32. The number of ether oxygens (including phenoxy) is 1. The zero-order valence-electron chi connectivity index (χ0n) is 5.29. The summed E-state index contributed by atoms with van der Waals surface area (Å²) in [5, 5.41) is 4.09. The van der Waals surface area contributed by atoms with Gasteiger partial charge in [0, 0.05) is 13.1 Å². The molecule has 0 aromatic carbocycles. The van der Waals surface area contributed by atoms with Gasteiger partial charge in [-0.05, 0) is 0 Å². The predicted molar refractivity (Wildman–Crippen MR) is 33.8 cm³/mol. The summed E-state index contributed by atoms with van der Waals surface area (Å²) in [5.41, 5.74) is 10.7. The number of hydrogen-bond donors (Lipinski definition) is 2. The normalized spacial score (nSPS) is 29.0. The molecule has 1 aliphatic rings. The lowest BCUT2D eigenvalue weighted by Gasteiger charge is -2.24. The fourth-order valence-corrected chi connectivity index (χ4v) is 0.773. The fourth-order valence-electron chi connectivity index (χ4n) is 0.773. The molecule has 4 N–H and O–H groups in total. The average molecular weight is 130 g/mol. The van der Waals surface area contributed by atoms with Crippen LogP contribution in [0.25, 0.3) is 0 Å². The quantitative estimate of drug-likeness (QED) is 0.413. The minimum Gasteiger partial charge on any atom is -0.372 e. The molecule has 0 aliphatic carbocycles. The van der Waals surface area contributed by atoms with Gasteiger partial charge in [0.25, 0.3) is 0 Å². The van der Waals surface area contributed by atoms with Gasteiger partial charge < -0.3 is 16.2 Å². The first-order valence-corrected chi connectivity index (χ1v) is 3.07. The standard InChI is InChI=1S/C5H12N3O/c6-5(7)4-3-8-1-2-9-4/h4-5H,1-3,6-7H2. The fraction of sp³-hybridized carbons (Fsp3) is 1.00. The number of nitrogens with zero attached hydrogens (tertiary/aromatic N) is 1. The Labute approximate surface area is 54.5 Å². The van der Waals surface area contributed by atoms with Crippen LogP contribution in [0.5, 0.6) is 0 Å². The SMILES string of the molecule is NC(N)C1C[N]CCO1. The van der Waals surface area contributed by atoms with Crippen molar-refractivity contribution in [2.45, 2.75) is 12.3 Å². The summed E-state index contributed by atoms with van der Waals surface area (Å²) in [4.78, 5) is 0. The molecular weight excluding hydrogens is 118 g/mol. The van der Waals surface area contributed by atoms with E-state index >= 15 is 0 Å². The smallest absolute Gasteiger partial charge is 0.0996 e. The Kier molecular flexibility index (Phi) is 2.41. The van der Waals surface area contributed by atoms with Gasteiger partial charge in [-0.1, -0.05) is 0 Å². The molecule has 1 radical (unpaired) electrons. The maximum atomic E-state index is 5.36. The molecule has 1 atom stereocenters. The van der Waals surface area contributed by atoms with Crippen molar-refractivity contribution < 1.29 is 4.74 Å². The molecule has 0 saturated carbocycles. The van der Waals surface area contributed by atoms with Gasteiger partial charge in [0.2, 0.25) is 0 Å². The van der Waals surface area contributed by atoms with Crippen LogP contribution in [0.4, 0.5) is 0 Å². The summed E-state index contributed by atoms with van der Waals surface area (Å²) >= 11 is 0. The highest BCUT2D eigenvalue weighted by Crippen LogP contribution is 1.96. The van der Waals surface area contributed by atoms with Gasteiger partial charge in [-0.3, -0.25) is 0 Å². The predicted octanol–water partition coefficient (Wildman–Crippen LogP) is -1.77. The third-order valence-corrected chi connectivity index (χ3v) is 1.32. The van der Waals surface area contributed by atoms with E-state index in [1.54, 1.807) is 0 Å². The van der Waals surface area contributed by atoms with Gasteiger partial charge >= 0.3 is 0 Å². The molecule has 0 aromatic rings. The highest BCUT2D eigenvalue weighted by Gasteiger charge is 2.17. The highest BCUT2D eigenvalue weighted by molar-refractivity contribution is 4.72. The zero-order chi connectivity index (χ0) is 6.69. The van der Waals surface area contributed by atoms with Crippen LogP contribution in [0.3, 0.4) is 0 Å². The van der Waals surface area contributed by atoms with Gasteiger partial charge in [0.05, 0.1) is 18.9 Å². The molecular formula is C5H12N3O. The van der Waals surface area contributed by atoms with Gasteiger partial charge in [-0.15, -0.1) is 0 Å². The van der Waals surface area contributed by atoms with Crippen molar-refractivity contribution in [2.24, 2.45) is 11.5 Å². The van der Waals surface area contributed by atoms with Crippen molar-refractivity contribution in [3.8, 4) is 0 Å². The number of rotatable bonds is 1. The van der Waals surface area contributed by atoms with E-state index in [0.29, 0.717) is 13.2 Å². The molecule has 0 amide bonds. The molecule has 4 heteroatoms. The molecule has 1 fully saturated rings. The number of morpholine rings is 1. The van der Waals surface area contributed by atoms with Crippen LogP contribution in [0.2, 0.25) is 0 Å². The summed E-state index contributed by atoms with van der Waals surface area (Å²) in [5.74, 6) is 0. The Balaban J connectivity index is 2.23. The molecule has 1 rings (SSSR count). The zero-order valence-corrected chi connectivity index (χ0v) is 5.29. The molecule has 4 nitrogen and oxygen atoms in total. The third kappa shape index (κ3) is 1.91. The van der Waals surface area contributed by atoms with Crippen LogP contribution in [0, 0.1) is 0 Å². The maximum Gasteiger partial charge on any atom is 0.0996 e. The molecule has 0 bridgehead atoms. The Hall–Kier alpha value is -0.160. The summed E-state index contributed by atoms with van der Waals surface area (Å²) in [6, 6.07) is 0. The van der Waals surface area contributed by atoms with E-state index in [1.165, 1.54) is 0 Å². The van der Waals surface area contributed by atoms with Gasteiger partial charge in [0.1, 0.15) is 0 Å². The lowest BCUT2D eigenvalue weighted by atomic mass is 10.2. The highest BCUT2D eigenvalue weighted by atomic mass is 16.5. The monoisotopic (exact) mass is 130 g/mol. The molecule has 1 unspecified atom stereocenters. The molecule has 1 saturated heterocycles. The van der Waals surface area contributed by atoms with Crippen LogP contribution in [0.1, 0.15) is 0 Å². The summed E-state index contributed by atoms with van der Waals surface area (Å²) in [6.45, 7) is 2.09. The van der Waals surface area contributed by atoms with E-state index < -0.39 is 0 Å². The second kappa shape index (κ2) is 3.12. The van der Waals surface area contributed by atoms with Gasteiger partial charge in [-0.2, -0.15) is 0 Å². The van der Waals surface area contributed by atoms with Crippen LogP contribution >= 0.6 is 0 Å². The first kappa shape index (κ1) is 6.95. The largest absolute Gasteiger partial charge is 0.372 e. The van der Waals surface area contributed by atoms with E-state index in [1.807, 2.05) is 0 Å². The molecule has 0 spiro atoms. The second-order valence-corrected chi connectivity index (χ2v) is 2.12. The van der Waals surface area contributed by atoms with Crippen molar-refractivity contribution in [1.82, 2.24) is 5.32 Å². The Morgan fingerprint density at radius 3 is 2.67 bits per heavy atom. The Morgan fingerprint density at radius 1 is 1.56 bits per heavy atom. The Bertz CT molecular complexity index is 80.3. The van der Waals surface area contributed by atoms with Gasteiger partial charge in [0.15, 0.2) is 0 Å². The summed E-state index contributed by atoms with van der Waals surface area (Å²) in [7, 11) is 0. The van der Waals surface area contributed by atoms with Crippen LogP contribution in [0.15, 0.2) is 0 Å². The van der Waals surface area contributed by atoms with Crippen LogP contribution < -0.4 is 16.8 Å².